The fraction of sp³-hybridized carbons (Fsp3) is 0.412. The summed E-state index contributed by atoms with van der Waals surface area (Å²) in [4.78, 5) is 59.0. The number of likely N-dealkylation sites (N-methyl/N-ethyl adjacent to an activating group) is 1. The number of urea groups is 1. The molecule has 1 saturated heterocycles. The quantitative estimate of drug-likeness (QED) is 0.482. The summed E-state index contributed by atoms with van der Waals surface area (Å²) in [6, 6.07) is -1.76. The summed E-state index contributed by atoms with van der Waals surface area (Å²) in [6.45, 7) is 3.63. The van der Waals surface area contributed by atoms with Gasteiger partial charge in [-0.1, -0.05) is 6.08 Å². The maximum absolute atomic E-state index is 12.8. The molecule has 1 aromatic heterocycles. The van der Waals surface area contributed by atoms with Crippen LogP contribution in [0.1, 0.15) is 16.9 Å². The van der Waals surface area contributed by atoms with Gasteiger partial charge in [-0.15, -0.1) is 6.58 Å². The SMILES string of the molecule is C=CCNC(=O)NC1CC(C(=O)N(C)CC(N)=O)N(C(=O)c2cnccn2)C1. The van der Waals surface area contributed by atoms with Crippen LogP contribution in [0.15, 0.2) is 31.2 Å². The normalized spacial score (nSPS) is 18.2. The topological polar surface area (TPSA) is 151 Å². The van der Waals surface area contributed by atoms with Crippen molar-refractivity contribution in [3.63, 3.8) is 0 Å². The minimum atomic E-state index is -0.872. The van der Waals surface area contributed by atoms with Crippen molar-refractivity contribution in [3.05, 3.63) is 36.9 Å². The highest BCUT2D eigenvalue weighted by atomic mass is 16.2. The number of nitrogens with zero attached hydrogens (tertiary/aromatic N) is 4. The van der Waals surface area contributed by atoms with Crippen LogP contribution in [0.2, 0.25) is 0 Å². The van der Waals surface area contributed by atoms with Crippen LogP contribution in [-0.2, 0) is 9.59 Å². The fourth-order valence-electron chi connectivity index (χ4n) is 2.92. The molecule has 11 heteroatoms. The van der Waals surface area contributed by atoms with Crippen LogP contribution in [0.25, 0.3) is 0 Å². The van der Waals surface area contributed by atoms with Crippen molar-refractivity contribution in [2.24, 2.45) is 5.73 Å². The number of rotatable bonds is 7. The van der Waals surface area contributed by atoms with Crippen molar-refractivity contribution in [1.29, 1.82) is 0 Å². The monoisotopic (exact) mass is 389 g/mol. The van der Waals surface area contributed by atoms with Gasteiger partial charge in [-0.3, -0.25) is 19.4 Å². The van der Waals surface area contributed by atoms with Gasteiger partial charge in [0.2, 0.25) is 11.8 Å². The molecule has 1 fully saturated rings. The first-order valence-electron chi connectivity index (χ1n) is 8.59. The number of likely N-dealkylation sites (tertiary alicyclic amines) is 1. The molecule has 1 aromatic rings. The van der Waals surface area contributed by atoms with E-state index in [0.29, 0.717) is 0 Å². The van der Waals surface area contributed by atoms with Crippen LogP contribution in [0.4, 0.5) is 4.79 Å². The first-order chi connectivity index (χ1) is 13.3. The molecule has 1 aliphatic rings. The average Bonchev–Trinajstić information content (AvgIpc) is 3.08. The van der Waals surface area contributed by atoms with Crippen molar-refractivity contribution >= 4 is 23.8 Å². The third kappa shape index (κ3) is 5.25. The molecule has 0 radical (unpaired) electrons. The molecule has 4 N–H and O–H groups in total. The number of nitrogens with two attached hydrogens (primary N) is 1. The highest BCUT2D eigenvalue weighted by Crippen LogP contribution is 2.22. The predicted octanol–water partition coefficient (Wildman–Crippen LogP) is -1.51. The molecule has 2 heterocycles. The Morgan fingerprint density at radius 1 is 1.39 bits per heavy atom. The average molecular weight is 389 g/mol. The second-order valence-corrected chi connectivity index (χ2v) is 6.30. The number of carbonyl (C=O) groups excluding carboxylic acids is 4. The van der Waals surface area contributed by atoms with Crippen LogP contribution in [-0.4, -0.2) is 82.3 Å². The molecule has 2 rings (SSSR count). The lowest BCUT2D eigenvalue weighted by Crippen LogP contribution is -2.48. The molecule has 0 bridgehead atoms. The third-order valence-electron chi connectivity index (χ3n) is 4.14. The Morgan fingerprint density at radius 3 is 2.75 bits per heavy atom. The molecule has 0 aliphatic carbocycles. The Morgan fingerprint density at radius 2 is 2.14 bits per heavy atom. The smallest absolute Gasteiger partial charge is 0.315 e. The molecule has 150 valence electrons. The molecule has 0 spiro atoms. The van der Waals surface area contributed by atoms with Gasteiger partial charge in [0.15, 0.2) is 0 Å². The molecule has 11 nitrogen and oxygen atoms in total. The lowest BCUT2D eigenvalue weighted by atomic mass is 10.1. The summed E-state index contributed by atoms with van der Waals surface area (Å²) in [7, 11) is 1.43. The van der Waals surface area contributed by atoms with E-state index in [1.165, 1.54) is 36.6 Å². The summed E-state index contributed by atoms with van der Waals surface area (Å²) < 4.78 is 0. The molecule has 0 aromatic carbocycles. The van der Waals surface area contributed by atoms with E-state index in [9.17, 15) is 19.2 Å². The number of aromatic nitrogens is 2. The molecule has 0 saturated carbocycles. The third-order valence-corrected chi connectivity index (χ3v) is 4.14. The number of hydrogen-bond acceptors (Lipinski definition) is 6. The highest BCUT2D eigenvalue weighted by molar-refractivity contribution is 5.97. The molecular formula is C17H23N7O4. The van der Waals surface area contributed by atoms with Crippen LogP contribution in [0, 0.1) is 0 Å². The molecule has 1 aliphatic heterocycles. The van der Waals surface area contributed by atoms with Crippen molar-refractivity contribution < 1.29 is 19.2 Å². The standard InChI is InChI=1S/C17H23N7O4/c1-3-4-21-17(28)22-11-7-13(16(27)23(2)10-14(18)25)24(9-11)15(26)12-8-19-5-6-20-12/h3,5-6,8,11,13H,1,4,7,9-10H2,2H3,(H2,18,25)(H2,21,22,28). The number of hydrogen-bond donors (Lipinski definition) is 3. The van der Waals surface area contributed by atoms with Gasteiger partial charge in [0.25, 0.3) is 5.91 Å². The summed E-state index contributed by atoms with van der Waals surface area (Å²) in [5.74, 6) is -1.61. The largest absolute Gasteiger partial charge is 0.368 e. The Balaban J connectivity index is 2.18. The minimum Gasteiger partial charge on any atom is -0.368 e. The minimum absolute atomic E-state index is 0.0783. The fourth-order valence-corrected chi connectivity index (χ4v) is 2.92. The summed E-state index contributed by atoms with van der Waals surface area (Å²) in [6.07, 6.45) is 5.82. The van der Waals surface area contributed by atoms with Gasteiger partial charge in [0.1, 0.15) is 11.7 Å². The number of primary amides is 1. The lowest BCUT2D eigenvalue weighted by molar-refractivity contribution is -0.137. The van der Waals surface area contributed by atoms with Crippen molar-refractivity contribution in [3.8, 4) is 0 Å². The van der Waals surface area contributed by atoms with Gasteiger partial charge in [-0.2, -0.15) is 0 Å². The van der Waals surface area contributed by atoms with Gasteiger partial charge in [-0.25, -0.2) is 9.78 Å². The second kappa shape index (κ2) is 9.44. The maximum Gasteiger partial charge on any atom is 0.315 e. The van der Waals surface area contributed by atoms with Crippen molar-refractivity contribution in [2.45, 2.75) is 18.5 Å². The van der Waals surface area contributed by atoms with Gasteiger partial charge in [0, 0.05) is 32.5 Å². The molecule has 28 heavy (non-hydrogen) atoms. The first kappa shape index (κ1) is 20.8. The summed E-state index contributed by atoms with van der Waals surface area (Å²) in [5.41, 5.74) is 5.23. The van der Waals surface area contributed by atoms with Crippen LogP contribution >= 0.6 is 0 Å². The second-order valence-electron chi connectivity index (χ2n) is 6.30. The molecule has 5 amide bonds. The zero-order valence-corrected chi connectivity index (χ0v) is 15.5. The van der Waals surface area contributed by atoms with Crippen molar-refractivity contribution in [2.75, 3.05) is 26.7 Å². The van der Waals surface area contributed by atoms with E-state index in [1.807, 2.05) is 0 Å². The van der Waals surface area contributed by atoms with Crippen LogP contribution in [0.5, 0.6) is 0 Å². The van der Waals surface area contributed by atoms with E-state index in [1.54, 1.807) is 0 Å². The van der Waals surface area contributed by atoms with Gasteiger partial charge < -0.3 is 26.2 Å². The zero-order chi connectivity index (χ0) is 20.7. The zero-order valence-electron chi connectivity index (χ0n) is 15.5. The molecular weight excluding hydrogens is 366 g/mol. The van der Waals surface area contributed by atoms with E-state index in [0.717, 1.165) is 4.90 Å². The predicted molar refractivity (Wildman–Crippen MR) is 98.8 cm³/mol. The van der Waals surface area contributed by atoms with E-state index < -0.39 is 35.8 Å². The summed E-state index contributed by atoms with van der Waals surface area (Å²) in [5, 5.41) is 5.30. The highest BCUT2D eigenvalue weighted by Gasteiger charge is 2.42. The molecule has 2 unspecified atom stereocenters. The summed E-state index contributed by atoms with van der Waals surface area (Å²) >= 11 is 0. The van der Waals surface area contributed by atoms with Crippen molar-refractivity contribution in [1.82, 2.24) is 30.4 Å². The number of carbonyl (C=O) groups is 4. The van der Waals surface area contributed by atoms with E-state index in [2.05, 4.69) is 27.2 Å². The Labute approximate surface area is 162 Å². The maximum atomic E-state index is 12.8. The Hall–Kier alpha value is -3.50. The first-order valence-corrected chi connectivity index (χ1v) is 8.59. The van der Waals surface area contributed by atoms with Crippen LogP contribution < -0.4 is 16.4 Å². The lowest BCUT2D eigenvalue weighted by Gasteiger charge is -2.26. The number of nitrogens with one attached hydrogen (secondary N) is 2. The van der Waals surface area contributed by atoms with Gasteiger partial charge in [-0.05, 0) is 6.42 Å². The molecule has 2 atom stereocenters. The van der Waals surface area contributed by atoms with E-state index >= 15 is 0 Å². The van der Waals surface area contributed by atoms with E-state index in [-0.39, 0.29) is 31.7 Å². The van der Waals surface area contributed by atoms with Gasteiger partial charge in [0.05, 0.1) is 18.8 Å². The number of amides is 5. The van der Waals surface area contributed by atoms with Crippen LogP contribution in [0.3, 0.4) is 0 Å². The Kier molecular flexibility index (Phi) is 7.02. The van der Waals surface area contributed by atoms with E-state index in [4.69, 9.17) is 5.73 Å². The van der Waals surface area contributed by atoms with Gasteiger partial charge >= 0.3 is 6.03 Å². The Bertz CT molecular complexity index is 755.